The number of rotatable bonds is 36. The van der Waals surface area contributed by atoms with Crippen molar-refractivity contribution >= 4 is 77.0 Å². The smallest absolute Gasteiger partial charge is 0.393 e. The van der Waals surface area contributed by atoms with E-state index in [1.165, 1.54) is 54.1 Å². The number of nitrogen functional groups attached to an aromatic ring is 1. The first kappa shape index (κ1) is 89.6. The largest absolute Gasteiger partial charge is 0.472 e. The maximum atomic E-state index is 14.7. The lowest BCUT2D eigenvalue weighted by atomic mass is 9.94. The number of hydrogen-bond acceptors (Lipinski definition) is 36. The molecule has 0 aliphatic carbocycles. The first-order valence-electron chi connectivity index (χ1n) is 34.6. The molecule has 6 fully saturated rings. The molecule has 6 aliphatic rings. The minimum Gasteiger partial charge on any atom is -0.393 e. The lowest BCUT2D eigenvalue weighted by molar-refractivity contribution is -0.218. The summed E-state index contributed by atoms with van der Waals surface area (Å²) in [6.07, 6.45) is -21.5. The lowest BCUT2D eigenvalue weighted by Crippen LogP contribution is -2.50. The third-order valence-corrected chi connectivity index (χ3v) is 26.0. The highest BCUT2D eigenvalue weighted by molar-refractivity contribution is 8.07. The summed E-state index contributed by atoms with van der Waals surface area (Å²) in [7, 11) is -8.95. The Bertz CT molecular complexity index is 5220. The van der Waals surface area contributed by atoms with Gasteiger partial charge in [-0.2, -0.15) is 4.98 Å². The number of H-pyrrole nitrogens is 4. The van der Waals surface area contributed by atoms with Crippen LogP contribution in [0.5, 0.6) is 0 Å². The molecule has 5 aromatic heterocycles. The van der Waals surface area contributed by atoms with Gasteiger partial charge in [-0.3, -0.25) is 84.6 Å². The van der Waals surface area contributed by atoms with Crippen LogP contribution in [0.2, 0.25) is 0 Å². The van der Waals surface area contributed by atoms with Crippen LogP contribution in [0.4, 0.5) is 5.82 Å². The molecule has 0 radical (unpaired) electrons. The molecule has 47 nitrogen and oxygen atoms in total. The van der Waals surface area contributed by atoms with Gasteiger partial charge in [0.2, 0.25) is 0 Å². The van der Waals surface area contributed by atoms with Crippen LogP contribution in [0.25, 0.3) is 0 Å². The minimum absolute atomic E-state index is 0.0150. The topological polar surface area (TPSA) is 611 Å². The molecule has 634 valence electrons. The van der Waals surface area contributed by atoms with Crippen LogP contribution in [-0.4, -0.2) is 229 Å². The highest BCUT2D eigenvalue weighted by Gasteiger charge is 2.68. The molecule has 0 saturated carbocycles. The van der Waals surface area contributed by atoms with Gasteiger partial charge in [0.1, 0.15) is 78.8 Å². The van der Waals surface area contributed by atoms with Crippen LogP contribution in [-0.2, 0) is 132 Å². The Morgan fingerprint density at radius 2 is 1.06 bits per heavy atom. The van der Waals surface area contributed by atoms with Crippen LogP contribution in [0.3, 0.4) is 0 Å². The van der Waals surface area contributed by atoms with Crippen molar-refractivity contribution in [2.75, 3.05) is 72.8 Å². The second-order valence-electron chi connectivity index (χ2n) is 27.1. The molecule has 6 aliphatic heterocycles. The third kappa shape index (κ3) is 20.5. The molecule has 2 bridgehead atoms. The van der Waals surface area contributed by atoms with E-state index in [1.807, 2.05) is 0 Å². The number of aromatic nitrogens is 10. The van der Waals surface area contributed by atoms with E-state index >= 15 is 0 Å². The SMILES string of the molecule is COCCOC1[C@@H](OP(=O)(O)OC[C@H]2O[C@@H](n3cc(C)c(=O)[nH]c3=O)C[C@H]2OP(O)(=S)OC[C@H]2O[C@@H](n3cc(C)c(=O)[nH]c3=O)C[C@H]2OP(O)(=S)OC)[C@@H](COP(=O)(O)O[C@H]2C[C@H](C)OC2[C@@H](OCCOP(O)(=S)O[C@@H]2C3O[C@@H](C)[C@]2(CO)O[C@H]3n2cc(C)c(N)nc2=O)n2cc(C)c(=O)[nH]c2=O)O[C@H]1n1cc(C)c(=O)[nH]c1=O. The fourth-order valence-corrected chi connectivity index (χ4v) is 19.2. The van der Waals surface area contributed by atoms with Gasteiger partial charge < -0.3 is 101 Å². The second-order valence-corrected chi connectivity index (χ2v) is 38.4. The molecule has 114 heavy (non-hydrogen) atoms. The summed E-state index contributed by atoms with van der Waals surface area (Å²) in [6, 6.07) is 0. The Labute approximate surface area is 657 Å². The van der Waals surface area contributed by atoms with Crippen LogP contribution in [0.1, 0.15) is 92.1 Å². The van der Waals surface area contributed by atoms with Gasteiger partial charge >= 0.3 is 64.2 Å². The summed E-state index contributed by atoms with van der Waals surface area (Å²) in [5.41, 5.74) is -3.44. The zero-order chi connectivity index (χ0) is 83.2. The molecule has 0 spiro atoms. The van der Waals surface area contributed by atoms with Gasteiger partial charge in [-0.05, 0) is 83.9 Å². The second kappa shape index (κ2) is 36.0. The van der Waals surface area contributed by atoms with Gasteiger partial charge in [0.05, 0.1) is 77.3 Å². The highest BCUT2D eigenvalue weighted by Crippen LogP contribution is 2.58. The number of nitrogens with two attached hydrogens (primary N) is 1. The van der Waals surface area contributed by atoms with E-state index in [2.05, 4.69) is 24.9 Å². The normalized spacial score (nSPS) is 31.1. The third-order valence-electron chi connectivity index (χ3n) is 19.1. The summed E-state index contributed by atoms with van der Waals surface area (Å²) in [4.78, 5) is 187. The van der Waals surface area contributed by atoms with Gasteiger partial charge in [-0.1, -0.05) is 0 Å². The van der Waals surface area contributed by atoms with Crippen molar-refractivity contribution in [1.29, 1.82) is 0 Å². The summed E-state index contributed by atoms with van der Waals surface area (Å²) in [5, 5.41) is 10.7. The molecule has 11 rings (SSSR count). The standard InChI is InChI=1S/C59H84N11O36P5S3/c1-26-17-70(54(76)61-46(26)60)53-44-45(59(25-71,101-53)32(7)97-44)106-110(86,113)92-13-12-91-51(68-20-29(4)49(74)64-57(68)79)42-35(14-31(6)96-42)102-107(81,82)94-24-38-41(43(90-11-10-88-8)52(100-38)69-21-30(5)50(75)65-58(69)80)105-108(83,84)93-22-36-34(16-40(98-36)67-19-28(3)48(73)63-56(67)78)104-111(87,114)95-23-37-33(103-109(85,112)89-9)15-39(99-37)66-18-27(2)47(72)62-55(66)77/h17-21,31-45,51-53,71H,10-16,22-25H2,1-9H3,(H,81,82)(H,83,84)(H,85,112)(H,86,113)(H,87,114)(H2,60,61,76)(H,62,72,77)(H,63,73,78)(H,64,74,79)(H,65,75,80)/t31-,32-,33+,34+,35-,36+,37+,38+,39+,40+,41-,42?,43?,44?,45+,51+,52+,53+,59-,109?,110?,111?/m0/s1. The number of nitrogens with one attached hydrogen (secondary N) is 4. The Morgan fingerprint density at radius 1 is 0.553 bits per heavy atom. The number of fused-ring (bicyclic) bond motifs is 2. The number of aryl methyl sites for hydroxylation is 5. The van der Waals surface area contributed by atoms with E-state index in [4.69, 9.17) is 129 Å². The lowest BCUT2D eigenvalue weighted by Gasteiger charge is -2.35. The van der Waals surface area contributed by atoms with E-state index in [-0.39, 0.29) is 54.1 Å². The summed E-state index contributed by atoms with van der Waals surface area (Å²) in [6.45, 7) is -8.49. The van der Waals surface area contributed by atoms with Crippen molar-refractivity contribution in [1.82, 2.24) is 47.8 Å². The molecule has 0 aromatic carbocycles. The van der Waals surface area contributed by atoms with Gasteiger partial charge in [-0.15, -0.1) is 0 Å². The van der Waals surface area contributed by atoms with Gasteiger partial charge in [0, 0.05) is 92.3 Å². The Hall–Kier alpha value is -5.19. The van der Waals surface area contributed by atoms with Crippen molar-refractivity contribution in [3.63, 3.8) is 0 Å². The van der Waals surface area contributed by atoms with Crippen LogP contribution in [0, 0.1) is 34.6 Å². The number of aromatic amines is 4. The molecule has 0 amide bonds. The Morgan fingerprint density at radius 3 is 1.63 bits per heavy atom. The van der Waals surface area contributed by atoms with E-state index in [0.29, 0.717) is 5.56 Å². The monoisotopic (exact) mass is 1770 g/mol. The number of aliphatic hydroxyl groups is 1. The summed E-state index contributed by atoms with van der Waals surface area (Å²) < 4.78 is 145. The van der Waals surface area contributed by atoms with Crippen LogP contribution < -0.4 is 56.4 Å². The maximum Gasteiger partial charge on any atom is 0.472 e. The number of aliphatic hydroxyl groups excluding tert-OH is 1. The number of phosphoric ester groups is 2. The Balaban J connectivity index is 0.814. The van der Waals surface area contributed by atoms with E-state index in [1.54, 1.807) is 13.8 Å². The number of phosphoric acid groups is 2. The first-order chi connectivity index (χ1) is 53.4. The summed E-state index contributed by atoms with van der Waals surface area (Å²) >= 11 is 15.9. The van der Waals surface area contributed by atoms with Crippen molar-refractivity contribution in [2.45, 2.75) is 184 Å². The van der Waals surface area contributed by atoms with E-state index < -0.39 is 249 Å². The predicted octanol–water partition coefficient (Wildman–Crippen LogP) is -1.70. The number of hydrogen-bond donors (Lipinski definition) is 11. The fourth-order valence-electron chi connectivity index (χ4n) is 13.4. The molecular formula is C59H84N11O36P5S3. The molecular weight excluding hydrogens is 1690 g/mol. The molecule has 6 saturated heterocycles. The molecule has 11 heterocycles. The molecule has 8 unspecified atom stereocenters. The molecule has 5 aromatic rings. The molecule has 24 atom stereocenters. The number of anilines is 1. The Kier molecular flexibility index (Phi) is 28.3. The van der Waals surface area contributed by atoms with Gasteiger partial charge in [0.15, 0.2) is 18.7 Å². The highest BCUT2D eigenvalue weighted by atomic mass is 32.5. The zero-order valence-corrected chi connectivity index (χ0v) is 68.6. The number of ether oxygens (including phenoxy) is 9. The van der Waals surface area contributed by atoms with Gasteiger partial charge in [0.25, 0.3) is 22.2 Å². The average Bonchev–Trinajstić information content (AvgIpc) is 1.55. The van der Waals surface area contributed by atoms with Gasteiger partial charge in [-0.25, -0.2) is 33.1 Å². The van der Waals surface area contributed by atoms with Crippen molar-refractivity contribution in [3.05, 3.63) is 153 Å². The predicted molar refractivity (Wildman–Crippen MR) is 397 cm³/mol. The van der Waals surface area contributed by atoms with E-state index in [0.717, 1.165) is 48.5 Å². The average molecular weight is 1770 g/mol. The van der Waals surface area contributed by atoms with E-state index in [9.17, 15) is 81.9 Å². The van der Waals surface area contributed by atoms with Crippen LogP contribution >= 0.6 is 35.8 Å². The summed E-state index contributed by atoms with van der Waals surface area (Å²) in [5.74, 6) is -0.0458. The molecule has 55 heteroatoms. The van der Waals surface area contributed by atoms with Crippen LogP contribution in [0.15, 0.2) is 74.1 Å². The quantitative estimate of drug-likeness (QED) is 0.0157. The first-order valence-corrected chi connectivity index (χ1v) is 45.3. The fraction of sp³-hybridized carbons (Fsp3) is 0.661. The minimum atomic E-state index is -5.73. The number of nitrogens with zero attached hydrogens (tertiary/aromatic N) is 6. The van der Waals surface area contributed by atoms with Crippen molar-refractivity contribution < 1.29 is 127 Å². The maximum absolute atomic E-state index is 14.7. The zero-order valence-electron chi connectivity index (χ0n) is 61.7. The number of methoxy groups -OCH3 is 1. The van der Waals surface area contributed by atoms with Crippen molar-refractivity contribution in [3.8, 4) is 0 Å². The molecule has 12 N–H and O–H groups in total. The van der Waals surface area contributed by atoms with Crippen molar-refractivity contribution in [2.24, 2.45) is 0 Å².